The fourth-order valence-electron chi connectivity index (χ4n) is 2.31. The van der Waals surface area contributed by atoms with E-state index in [1.807, 2.05) is 18.3 Å². The van der Waals surface area contributed by atoms with Gasteiger partial charge in [-0.2, -0.15) is 0 Å². The molecular formula is C18H24N2. The Labute approximate surface area is 122 Å². The summed E-state index contributed by atoms with van der Waals surface area (Å²) in [7, 11) is 0. The lowest BCUT2D eigenvalue weighted by Gasteiger charge is -2.29. The Morgan fingerprint density at radius 3 is 2.05 bits per heavy atom. The second-order valence-electron chi connectivity index (χ2n) is 6.45. The molecule has 0 amide bonds. The summed E-state index contributed by atoms with van der Waals surface area (Å²) >= 11 is 0. The molecule has 0 aliphatic carbocycles. The highest BCUT2D eigenvalue weighted by atomic mass is 15.2. The zero-order valence-corrected chi connectivity index (χ0v) is 13.1. The number of rotatable bonds is 3. The van der Waals surface area contributed by atoms with Crippen molar-refractivity contribution in [1.82, 2.24) is 4.98 Å². The van der Waals surface area contributed by atoms with E-state index in [9.17, 15) is 0 Å². The summed E-state index contributed by atoms with van der Waals surface area (Å²) in [4.78, 5) is 6.73. The number of aromatic nitrogens is 1. The van der Waals surface area contributed by atoms with Gasteiger partial charge >= 0.3 is 0 Å². The lowest BCUT2D eigenvalue weighted by Crippen LogP contribution is -2.26. The van der Waals surface area contributed by atoms with Crippen LogP contribution in [-0.4, -0.2) is 11.0 Å². The predicted octanol–water partition coefficient (Wildman–Crippen LogP) is 4.93. The molecule has 1 heterocycles. The third-order valence-corrected chi connectivity index (χ3v) is 3.42. The SMILES string of the molecule is CC(C)N(c1ccc(C(C)(C)C)cc1)c1ccccn1. The number of anilines is 2. The first-order chi connectivity index (χ1) is 9.39. The number of nitrogens with zero attached hydrogens (tertiary/aromatic N) is 2. The second kappa shape index (κ2) is 5.66. The Bertz CT molecular complexity index is 536. The van der Waals surface area contributed by atoms with Crippen molar-refractivity contribution >= 4 is 11.5 Å². The molecule has 0 saturated carbocycles. The summed E-state index contributed by atoms with van der Waals surface area (Å²) in [5.41, 5.74) is 2.73. The minimum Gasteiger partial charge on any atom is -0.324 e. The van der Waals surface area contributed by atoms with Crippen LogP contribution in [0.2, 0.25) is 0 Å². The van der Waals surface area contributed by atoms with Crippen molar-refractivity contribution < 1.29 is 0 Å². The van der Waals surface area contributed by atoms with Crippen LogP contribution in [0.5, 0.6) is 0 Å². The van der Waals surface area contributed by atoms with Gasteiger partial charge in [-0.3, -0.25) is 0 Å². The topological polar surface area (TPSA) is 16.1 Å². The molecule has 0 unspecified atom stereocenters. The highest BCUT2D eigenvalue weighted by Gasteiger charge is 2.16. The van der Waals surface area contributed by atoms with Crippen LogP contribution in [0.4, 0.5) is 11.5 Å². The van der Waals surface area contributed by atoms with E-state index >= 15 is 0 Å². The molecule has 0 N–H and O–H groups in total. The molecule has 0 atom stereocenters. The van der Waals surface area contributed by atoms with E-state index in [4.69, 9.17) is 0 Å². The molecule has 0 bridgehead atoms. The molecule has 0 aliphatic heterocycles. The first-order valence-corrected chi connectivity index (χ1v) is 7.20. The van der Waals surface area contributed by atoms with Crippen molar-refractivity contribution in [2.24, 2.45) is 0 Å². The van der Waals surface area contributed by atoms with Crippen LogP contribution in [0.3, 0.4) is 0 Å². The summed E-state index contributed by atoms with van der Waals surface area (Å²) in [5, 5.41) is 0. The van der Waals surface area contributed by atoms with Crippen molar-refractivity contribution in [2.45, 2.75) is 46.1 Å². The molecule has 2 nitrogen and oxygen atoms in total. The fourth-order valence-corrected chi connectivity index (χ4v) is 2.31. The van der Waals surface area contributed by atoms with Gasteiger partial charge in [0.05, 0.1) is 0 Å². The van der Waals surface area contributed by atoms with Gasteiger partial charge in [0.15, 0.2) is 0 Å². The standard InChI is InChI=1S/C18H24N2/c1-14(2)20(17-8-6-7-13-19-17)16-11-9-15(10-12-16)18(3,4)5/h6-14H,1-5H3. The molecule has 0 fully saturated rings. The van der Waals surface area contributed by atoms with Crippen LogP contribution in [-0.2, 0) is 5.41 Å². The van der Waals surface area contributed by atoms with Crippen LogP contribution in [0.15, 0.2) is 48.7 Å². The third-order valence-electron chi connectivity index (χ3n) is 3.42. The maximum atomic E-state index is 4.47. The fraction of sp³-hybridized carbons (Fsp3) is 0.389. The van der Waals surface area contributed by atoms with E-state index in [0.29, 0.717) is 6.04 Å². The largest absolute Gasteiger partial charge is 0.324 e. The van der Waals surface area contributed by atoms with Gasteiger partial charge in [0.2, 0.25) is 0 Å². The number of hydrogen-bond donors (Lipinski definition) is 0. The third kappa shape index (κ3) is 3.19. The van der Waals surface area contributed by atoms with Gasteiger partial charge in [-0.05, 0) is 49.1 Å². The van der Waals surface area contributed by atoms with E-state index < -0.39 is 0 Å². The zero-order valence-electron chi connectivity index (χ0n) is 13.1. The summed E-state index contributed by atoms with van der Waals surface area (Å²) < 4.78 is 0. The zero-order chi connectivity index (χ0) is 14.8. The normalized spacial score (nSPS) is 11.7. The molecule has 1 aromatic carbocycles. The Balaban J connectivity index is 2.37. The molecular weight excluding hydrogens is 244 g/mol. The first kappa shape index (κ1) is 14.6. The lowest BCUT2D eigenvalue weighted by atomic mass is 9.87. The van der Waals surface area contributed by atoms with Gasteiger partial charge in [-0.25, -0.2) is 4.98 Å². The molecule has 1 aromatic heterocycles. The quantitative estimate of drug-likeness (QED) is 0.785. The molecule has 2 aromatic rings. The average molecular weight is 268 g/mol. The number of hydrogen-bond acceptors (Lipinski definition) is 2. The minimum absolute atomic E-state index is 0.187. The van der Waals surface area contributed by atoms with Gasteiger partial charge in [0.25, 0.3) is 0 Å². The summed E-state index contributed by atoms with van der Waals surface area (Å²) in [5.74, 6) is 0.992. The molecule has 0 spiro atoms. The second-order valence-corrected chi connectivity index (χ2v) is 6.45. The molecule has 2 heteroatoms. The highest BCUT2D eigenvalue weighted by molar-refractivity contribution is 5.61. The maximum Gasteiger partial charge on any atom is 0.133 e. The number of benzene rings is 1. The molecule has 0 aliphatic rings. The van der Waals surface area contributed by atoms with Gasteiger partial charge in [0, 0.05) is 17.9 Å². The van der Waals surface area contributed by atoms with E-state index in [2.05, 4.69) is 74.8 Å². The molecule has 20 heavy (non-hydrogen) atoms. The smallest absolute Gasteiger partial charge is 0.133 e. The Kier molecular flexibility index (Phi) is 4.12. The number of pyridine rings is 1. The van der Waals surface area contributed by atoms with Crippen LogP contribution in [0.25, 0.3) is 0 Å². The molecule has 0 saturated heterocycles. The Morgan fingerprint density at radius 1 is 0.950 bits per heavy atom. The molecule has 0 radical (unpaired) electrons. The first-order valence-electron chi connectivity index (χ1n) is 7.20. The predicted molar refractivity (Wildman–Crippen MR) is 86.7 cm³/mol. The van der Waals surface area contributed by atoms with Crippen LogP contribution in [0.1, 0.15) is 40.2 Å². The van der Waals surface area contributed by atoms with Gasteiger partial charge in [0.1, 0.15) is 5.82 Å². The van der Waals surface area contributed by atoms with Gasteiger partial charge in [-0.15, -0.1) is 0 Å². The lowest BCUT2D eigenvalue weighted by molar-refractivity contribution is 0.590. The van der Waals surface area contributed by atoms with E-state index in [0.717, 1.165) is 5.82 Å². The van der Waals surface area contributed by atoms with E-state index in [1.54, 1.807) is 0 Å². The van der Waals surface area contributed by atoms with Crippen molar-refractivity contribution in [3.63, 3.8) is 0 Å². The van der Waals surface area contributed by atoms with E-state index in [1.165, 1.54) is 11.3 Å². The van der Waals surface area contributed by atoms with Crippen LogP contribution >= 0.6 is 0 Å². The molecule has 2 rings (SSSR count). The summed E-state index contributed by atoms with van der Waals surface area (Å²) in [6.45, 7) is 11.1. The Hall–Kier alpha value is -1.83. The van der Waals surface area contributed by atoms with Crippen molar-refractivity contribution in [2.75, 3.05) is 4.90 Å². The van der Waals surface area contributed by atoms with Crippen LogP contribution in [0, 0.1) is 0 Å². The van der Waals surface area contributed by atoms with Crippen molar-refractivity contribution in [1.29, 1.82) is 0 Å². The average Bonchev–Trinajstić information content (AvgIpc) is 2.39. The van der Waals surface area contributed by atoms with Crippen LogP contribution < -0.4 is 4.90 Å². The summed E-state index contributed by atoms with van der Waals surface area (Å²) in [6, 6.07) is 15.2. The summed E-state index contributed by atoms with van der Waals surface area (Å²) in [6.07, 6.45) is 1.84. The van der Waals surface area contributed by atoms with E-state index in [-0.39, 0.29) is 5.41 Å². The van der Waals surface area contributed by atoms with Crippen molar-refractivity contribution in [3.05, 3.63) is 54.2 Å². The maximum absolute atomic E-state index is 4.47. The highest BCUT2D eigenvalue weighted by Crippen LogP contribution is 2.29. The minimum atomic E-state index is 0.187. The molecule has 106 valence electrons. The monoisotopic (exact) mass is 268 g/mol. The Morgan fingerprint density at radius 2 is 1.60 bits per heavy atom. The van der Waals surface area contributed by atoms with Gasteiger partial charge < -0.3 is 4.90 Å². The van der Waals surface area contributed by atoms with Gasteiger partial charge in [-0.1, -0.05) is 39.0 Å². The van der Waals surface area contributed by atoms with Crippen molar-refractivity contribution in [3.8, 4) is 0 Å².